The van der Waals surface area contributed by atoms with Gasteiger partial charge in [-0.3, -0.25) is 0 Å². The molecular formula is C24H30ClF3N2OS. The Labute approximate surface area is 197 Å². The summed E-state index contributed by atoms with van der Waals surface area (Å²) in [6.45, 7) is 2.43. The van der Waals surface area contributed by atoms with E-state index in [4.69, 9.17) is 22.1 Å². The van der Waals surface area contributed by atoms with Crippen molar-refractivity contribution < 1.29 is 17.9 Å². The van der Waals surface area contributed by atoms with E-state index in [-0.39, 0.29) is 12.4 Å². The maximum absolute atomic E-state index is 13.5. The lowest BCUT2D eigenvalue weighted by Crippen LogP contribution is -2.10. The van der Waals surface area contributed by atoms with E-state index in [1.165, 1.54) is 24.2 Å². The van der Waals surface area contributed by atoms with Crippen LogP contribution in [0, 0.1) is 0 Å². The van der Waals surface area contributed by atoms with Crippen LogP contribution in [0.15, 0.2) is 47.9 Å². The number of nitrogens with one attached hydrogen (secondary N) is 1. The van der Waals surface area contributed by atoms with Crippen LogP contribution < -0.4 is 15.8 Å². The van der Waals surface area contributed by atoms with Crippen molar-refractivity contribution in [3.8, 4) is 5.75 Å². The molecule has 0 saturated heterocycles. The Kier molecular flexibility index (Phi) is 11.1. The van der Waals surface area contributed by atoms with E-state index in [1.54, 1.807) is 23.6 Å². The molecule has 2 aromatic carbocycles. The third-order valence-electron chi connectivity index (χ3n) is 4.79. The maximum Gasteiger partial charge on any atom is 0.420 e. The molecule has 0 radical (unpaired) electrons. The molecule has 3 nitrogen and oxygen atoms in total. The Morgan fingerprint density at radius 2 is 1.75 bits per heavy atom. The molecule has 0 amide bonds. The summed E-state index contributed by atoms with van der Waals surface area (Å²) >= 11 is 7.21. The van der Waals surface area contributed by atoms with Crippen LogP contribution in [0.3, 0.4) is 0 Å². The molecule has 0 spiro atoms. The van der Waals surface area contributed by atoms with Gasteiger partial charge >= 0.3 is 6.18 Å². The molecule has 0 aliphatic carbocycles. The fourth-order valence-electron chi connectivity index (χ4n) is 3.02. The second kappa shape index (κ2) is 13.5. The van der Waals surface area contributed by atoms with E-state index in [2.05, 4.69) is 12.2 Å². The fourth-order valence-corrected chi connectivity index (χ4v) is 3.79. The molecule has 0 aliphatic rings. The van der Waals surface area contributed by atoms with Gasteiger partial charge < -0.3 is 15.8 Å². The number of nitrogens with two attached hydrogens (primary N) is 1. The van der Waals surface area contributed by atoms with Crippen LogP contribution in [-0.2, 0) is 6.18 Å². The third kappa shape index (κ3) is 9.25. The third-order valence-corrected chi connectivity index (χ3v) is 5.77. The highest BCUT2D eigenvalue weighted by molar-refractivity contribution is 8.02. The first-order chi connectivity index (χ1) is 15.3. The van der Waals surface area contributed by atoms with E-state index in [0.29, 0.717) is 22.3 Å². The van der Waals surface area contributed by atoms with Crippen LogP contribution in [0.4, 0.5) is 18.9 Å². The summed E-state index contributed by atoms with van der Waals surface area (Å²) in [4.78, 5) is 0. The molecule has 0 atom stereocenters. The Bertz CT molecular complexity index is 857. The molecule has 0 aromatic heterocycles. The van der Waals surface area contributed by atoms with Gasteiger partial charge in [0.05, 0.1) is 18.0 Å². The van der Waals surface area contributed by atoms with Crippen molar-refractivity contribution in [3.05, 3.63) is 64.0 Å². The number of benzene rings is 2. The summed E-state index contributed by atoms with van der Waals surface area (Å²) in [7, 11) is 0. The predicted molar refractivity (Wildman–Crippen MR) is 130 cm³/mol. The lowest BCUT2D eigenvalue weighted by molar-refractivity contribution is -0.138. The molecule has 2 rings (SSSR count). The summed E-state index contributed by atoms with van der Waals surface area (Å²) in [5.41, 5.74) is 7.01. The van der Waals surface area contributed by atoms with Gasteiger partial charge in [-0.1, -0.05) is 62.8 Å². The second-order valence-corrected chi connectivity index (χ2v) is 8.69. The molecule has 3 N–H and O–H groups in total. The number of thioether (sulfide) groups is 1. The topological polar surface area (TPSA) is 47.3 Å². The highest BCUT2D eigenvalue weighted by atomic mass is 35.5. The molecule has 8 heteroatoms. The molecule has 2 aromatic rings. The zero-order chi connectivity index (χ0) is 23.4. The van der Waals surface area contributed by atoms with Gasteiger partial charge in [0.15, 0.2) is 0 Å². The van der Waals surface area contributed by atoms with Crippen molar-refractivity contribution >= 4 is 34.7 Å². The molecule has 176 valence electrons. The van der Waals surface area contributed by atoms with Crippen molar-refractivity contribution in [2.24, 2.45) is 5.73 Å². The van der Waals surface area contributed by atoms with E-state index in [1.807, 2.05) is 12.1 Å². The van der Waals surface area contributed by atoms with Crippen molar-refractivity contribution in [3.63, 3.8) is 0 Å². The van der Waals surface area contributed by atoms with E-state index >= 15 is 0 Å². The van der Waals surface area contributed by atoms with Gasteiger partial charge in [0.2, 0.25) is 0 Å². The standard InChI is InChI=1S/C24H30ClF3N2OS/c1-2-3-4-5-6-7-14-31-23-13-12-20(15-21(23)24(26,27)28)30-17-32-16-22(29)18-8-10-19(25)11-9-18/h8-13,15-16,30H,2-7,14,17,29H2,1H3/b22-16-. The van der Waals surface area contributed by atoms with Crippen molar-refractivity contribution in [1.82, 2.24) is 0 Å². The van der Waals surface area contributed by atoms with Crippen LogP contribution in [0.1, 0.15) is 56.6 Å². The Balaban J connectivity index is 1.88. The van der Waals surface area contributed by atoms with Crippen LogP contribution in [0.2, 0.25) is 5.02 Å². The van der Waals surface area contributed by atoms with Gasteiger partial charge in [-0.05, 0) is 47.7 Å². The van der Waals surface area contributed by atoms with Gasteiger partial charge in [0.1, 0.15) is 5.75 Å². The van der Waals surface area contributed by atoms with Crippen molar-refractivity contribution in [2.45, 2.75) is 51.6 Å². The molecular weight excluding hydrogens is 457 g/mol. The minimum atomic E-state index is -4.49. The molecule has 0 heterocycles. The zero-order valence-electron chi connectivity index (χ0n) is 18.2. The highest BCUT2D eigenvalue weighted by Crippen LogP contribution is 2.38. The summed E-state index contributed by atoms with van der Waals surface area (Å²) in [5, 5.41) is 5.35. The summed E-state index contributed by atoms with van der Waals surface area (Å²) in [6, 6.07) is 11.2. The van der Waals surface area contributed by atoms with Gasteiger partial charge in [-0.2, -0.15) is 13.2 Å². The van der Waals surface area contributed by atoms with Crippen LogP contribution in [-0.4, -0.2) is 12.5 Å². The molecule has 0 fully saturated rings. The normalized spacial score (nSPS) is 12.1. The van der Waals surface area contributed by atoms with Gasteiger partial charge in [-0.15, -0.1) is 11.8 Å². The number of halogens is 4. The van der Waals surface area contributed by atoms with Crippen LogP contribution >= 0.6 is 23.4 Å². The Morgan fingerprint density at radius 1 is 1.06 bits per heavy atom. The first-order valence-electron chi connectivity index (χ1n) is 10.7. The molecule has 0 aliphatic heterocycles. The molecule has 0 bridgehead atoms. The Hall–Kier alpha value is -1.99. The SMILES string of the molecule is CCCCCCCCOc1ccc(NCS/C=C(\N)c2ccc(Cl)cc2)cc1C(F)(F)F. The number of ether oxygens (including phenoxy) is 1. The van der Waals surface area contributed by atoms with Crippen molar-refractivity contribution in [2.75, 3.05) is 17.8 Å². The lowest BCUT2D eigenvalue weighted by atomic mass is 10.1. The molecule has 0 saturated carbocycles. The summed E-state index contributed by atoms with van der Waals surface area (Å²) in [5.74, 6) is 0.236. The Morgan fingerprint density at radius 3 is 2.44 bits per heavy atom. The quantitative estimate of drug-likeness (QED) is 0.221. The van der Waals surface area contributed by atoms with Gasteiger partial charge in [0.25, 0.3) is 0 Å². The smallest absolute Gasteiger partial charge is 0.420 e. The average Bonchev–Trinajstić information content (AvgIpc) is 2.76. The number of alkyl halides is 3. The lowest BCUT2D eigenvalue weighted by Gasteiger charge is -2.16. The summed E-state index contributed by atoms with van der Waals surface area (Å²) < 4.78 is 46.0. The second-order valence-electron chi connectivity index (χ2n) is 7.39. The maximum atomic E-state index is 13.5. The number of hydrogen-bond acceptors (Lipinski definition) is 4. The number of hydrogen-bond donors (Lipinski definition) is 2. The van der Waals surface area contributed by atoms with Gasteiger partial charge in [0, 0.05) is 16.4 Å². The number of rotatable bonds is 13. The number of unbranched alkanes of at least 4 members (excludes halogenated alkanes) is 5. The largest absolute Gasteiger partial charge is 0.493 e. The van der Waals surface area contributed by atoms with E-state index < -0.39 is 11.7 Å². The average molecular weight is 487 g/mol. The molecule has 32 heavy (non-hydrogen) atoms. The minimum absolute atomic E-state index is 0.129. The first kappa shape index (κ1) is 26.3. The van der Waals surface area contributed by atoms with Crippen LogP contribution in [0.5, 0.6) is 5.75 Å². The number of anilines is 1. The van der Waals surface area contributed by atoms with Crippen molar-refractivity contribution in [1.29, 1.82) is 0 Å². The van der Waals surface area contributed by atoms with E-state index in [0.717, 1.165) is 43.7 Å². The first-order valence-corrected chi connectivity index (χ1v) is 12.1. The fraction of sp³-hybridized carbons (Fsp3) is 0.417. The summed E-state index contributed by atoms with van der Waals surface area (Å²) in [6.07, 6.45) is 1.82. The van der Waals surface area contributed by atoms with Gasteiger partial charge in [-0.25, -0.2) is 0 Å². The monoisotopic (exact) mass is 486 g/mol. The molecule has 0 unspecified atom stereocenters. The minimum Gasteiger partial charge on any atom is -0.493 e. The van der Waals surface area contributed by atoms with E-state index in [9.17, 15) is 13.2 Å². The zero-order valence-corrected chi connectivity index (χ0v) is 19.8. The predicted octanol–water partition coefficient (Wildman–Crippen LogP) is 8.16. The highest BCUT2D eigenvalue weighted by Gasteiger charge is 2.34. The van der Waals surface area contributed by atoms with Crippen LogP contribution in [0.25, 0.3) is 5.70 Å².